The fourth-order valence-corrected chi connectivity index (χ4v) is 2.84. The van der Waals surface area contributed by atoms with Gasteiger partial charge >= 0.3 is 0 Å². The average Bonchev–Trinajstić information content (AvgIpc) is 3.13. The van der Waals surface area contributed by atoms with E-state index >= 15 is 0 Å². The van der Waals surface area contributed by atoms with E-state index in [-0.39, 0.29) is 11.8 Å². The lowest BCUT2D eigenvalue weighted by Crippen LogP contribution is -2.27. The number of hydrogen-bond acceptors (Lipinski definition) is 4. The number of aryl methyl sites for hydroxylation is 2. The van der Waals surface area contributed by atoms with Gasteiger partial charge in [-0.1, -0.05) is 24.2 Å². The van der Waals surface area contributed by atoms with Crippen LogP contribution in [0.3, 0.4) is 0 Å². The van der Waals surface area contributed by atoms with Crippen LogP contribution in [0.15, 0.2) is 22.7 Å². The van der Waals surface area contributed by atoms with Crippen LogP contribution < -0.4 is 5.32 Å². The largest absolute Gasteiger partial charge is 0.356 e. The van der Waals surface area contributed by atoms with Gasteiger partial charge in [-0.15, -0.1) is 0 Å². The Morgan fingerprint density at radius 2 is 2.29 bits per heavy atom. The van der Waals surface area contributed by atoms with Gasteiger partial charge in [-0.05, 0) is 37.0 Å². The van der Waals surface area contributed by atoms with E-state index in [1.54, 1.807) is 0 Å². The van der Waals surface area contributed by atoms with Crippen LogP contribution in [-0.2, 0) is 17.6 Å². The number of rotatable bonds is 4. The number of carbonyl (C=O) groups excluding carboxylic acids is 1. The Bertz CT molecular complexity index is 663. The Morgan fingerprint density at radius 3 is 3.00 bits per heavy atom. The number of benzene rings is 1. The van der Waals surface area contributed by atoms with Gasteiger partial charge < -0.3 is 9.84 Å². The first-order valence-corrected chi connectivity index (χ1v) is 7.46. The number of nitrogens with one attached hydrogen (secondary N) is 1. The lowest BCUT2D eigenvalue weighted by Gasteiger charge is -2.11. The number of aromatic nitrogens is 2. The van der Waals surface area contributed by atoms with Gasteiger partial charge in [-0.2, -0.15) is 4.98 Å². The van der Waals surface area contributed by atoms with Gasteiger partial charge in [0.25, 0.3) is 0 Å². The van der Waals surface area contributed by atoms with Crippen molar-refractivity contribution >= 4 is 5.91 Å². The van der Waals surface area contributed by atoms with Crippen molar-refractivity contribution in [2.75, 3.05) is 6.54 Å². The van der Waals surface area contributed by atoms with Crippen molar-refractivity contribution in [2.45, 2.75) is 39.0 Å². The van der Waals surface area contributed by atoms with E-state index in [9.17, 15) is 4.79 Å². The van der Waals surface area contributed by atoms with Gasteiger partial charge in [0.2, 0.25) is 17.6 Å². The fraction of sp³-hybridized carbons (Fsp3) is 0.438. The molecule has 1 amide bonds. The number of nitrogens with zero attached hydrogens (tertiary/aromatic N) is 2. The van der Waals surface area contributed by atoms with Gasteiger partial charge in [-0.25, -0.2) is 0 Å². The van der Waals surface area contributed by atoms with E-state index in [0.717, 1.165) is 30.4 Å². The monoisotopic (exact) mass is 285 g/mol. The summed E-state index contributed by atoms with van der Waals surface area (Å²) in [5, 5.41) is 6.91. The van der Waals surface area contributed by atoms with Crippen LogP contribution in [-0.4, -0.2) is 22.6 Å². The van der Waals surface area contributed by atoms with E-state index in [1.165, 1.54) is 5.56 Å². The predicted molar refractivity (Wildman–Crippen MR) is 78.9 cm³/mol. The van der Waals surface area contributed by atoms with Crippen LogP contribution >= 0.6 is 0 Å². The summed E-state index contributed by atoms with van der Waals surface area (Å²) in [6.07, 6.45) is 2.53. The van der Waals surface area contributed by atoms with E-state index < -0.39 is 0 Å². The van der Waals surface area contributed by atoms with Crippen LogP contribution in [0.2, 0.25) is 0 Å². The number of hydrogen-bond donors (Lipinski definition) is 1. The van der Waals surface area contributed by atoms with E-state index in [2.05, 4.69) is 21.5 Å². The summed E-state index contributed by atoms with van der Waals surface area (Å²) in [4.78, 5) is 16.4. The number of likely N-dealkylation sites (N-methyl/N-ethyl adjacent to an activating group) is 1. The lowest BCUT2D eigenvalue weighted by atomic mass is 9.99. The number of amides is 1. The molecule has 0 aliphatic heterocycles. The lowest BCUT2D eigenvalue weighted by molar-refractivity contribution is -0.122. The van der Waals surface area contributed by atoms with Crippen LogP contribution in [0, 0.1) is 0 Å². The van der Waals surface area contributed by atoms with Crippen LogP contribution in [0.5, 0.6) is 0 Å². The molecule has 1 aliphatic carbocycles. The minimum atomic E-state index is -0.0227. The Kier molecular flexibility index (Phi) is 3.73. The zero-order chi connectivity index (χ0) is 14.8. The second-order valence-corrected chi connectivity index (χ2v) is 5.26. The third-order valence-corrected chi connectivity index (χ3v) is 3.92. The van der Waals surface area contributed by atoms with Crippen LogP contribution in [0.1, 0.15) is 43.2 Å². The molecule has 2 aromatic rings. The fourth-order valence-electron chi connectivity index (χ4n) is 2.84. The molecule has 5 heteroatoms. The zero-order valence-corrected chi connectivity index (χ0v) is 12.3. The summed E-state index contributed by atoms with van der Waals surface area (Å²) in [5.74, 6) is 1.36. The minimum absolute atomic E-state index is 0.0227. The van der Waals surface area contributed by atoms with E-state index in [4.69, 9.17) is 4.52 Å². The summed E-state index contributed by atoms with van der Waals surface area (Å²) in [7, 11) is 0. The summed E-state index contributed by atoms with van der Waals surface area (Å²) in [5.41, 5.74) is 3.30. The summed E-state index contributed by atoms with van der Waals surface area (Å²) in [6.45, 7) is 4.60. The van der Waals surface area contributed by atoms with E-state index in [0.29, 0.717) is 18.3 Å². The maximum absolute atomic E-state index is 12.1. The average molecular weight is 285 g/mol. The Hall–Kier alpha value is -2.17. The molecule has 0 radical (unpaired) electrons. The van der Waals surface area contributed by atoms with Gasteiger partial charge in [0.15, 0.2) is 0 Å². The highest BCUT2D eigenvalue weighted by Gasteiger charge is 2.28. The molecule has 1 aromatic carbocycles. The van der Waals surface area contributed by atoms with Crippen molar-refractivity contribution in [3.63, 3.8) is 0 Å². The second kappa shape index (κ2) is 5.68. The molecule has 1 heterocycles. The molecular weight excluding hydrogens is 266 g/mol. The minimum Gasteiger partial charge on any atom is -0.356 e. The highest BCUT2D eigenvalue weighted by Crippen LogP contribution is 2.35. The SMILES string of the molecule is CCNC(=O)C1CCc2cc(-c3noc(CC)n3)ccc21. The molecule has 1 N–H and O–H groups in total. The molecule has 0 saturated heterocycles. The third-order valence-electron chi connectivity index (χ3n) is 3.92. The number of carbonyl (C=O) groups is 1. The molecule has 0 bridgehead atoms. The Morgan fingerprint density at radius 1 is 1.43 bits per heavy atom. The quantitative estimate of drug-likeness (QED) is 0.937. The highest BCUT2D eigenvalue weighted by atomic mass is 16.5. The molecule has 3 rings (SSSR count). The summed E-state index contributed by atoms with van der Waals surface area (Å²) in [6, 6.07) is 6.08. The normalized spacial score (nSPS) is 16.8. The smallest absolute Gasteiger partial charge is 0.227 e. The predicted octanol–water partition coefficient (Wildman–Crippen LogP) is 2.46. The van der Waals surface area contributed by atoms with Gasteiger partial charge in [0, 0.05) is 18.5 Å². The van der Waals surface area contributed by atoms with Gasteiger partial charge in [-0.3, -0.25) is 4.79 Å². The molecule has 1 aromatic heterocycles. The van der Waals surface area contributed by atoms with Crippen molar-refractivity contribution in [2.24, 2.45) is 0 Å². The van der Waals surface area contributed by atoms with Crippen molar-refractivity contribution < 1.29 is 9.32 Å². The van der Waals surface area contributed by atoms with Crippen molar-refractivity contribution in [3.8, 4) is 11.4 Å². The maximum Gasteiger partial charge on any atom is 0.227 e. The first-order valence-electron chi connectivity index (χ1n) is 7.46. The molecular formula is C16H19N3O2. The van der Waals surface area contributed by atoms with Gasteiger partial charge in [0.1, 0.15) is 0 Å². The number of fused-ring (bicyclic) bond motifs is 1. The molecule has 1 aliphatic rings. The molecule has 1 unspecified atom stereocenters. The Balaban J connectivity index is 1.88. The summed E-state index contributed by atoms with van der Waals surface area (Å²) < 4.78 is 5.15. The maximum atomic E-state index is 12.1. The zero-order valence-electron chi connectivity index (χ0n) is 12.3. The van der Waals surface area contributed by atoms with Crippen molar-refractivity contribution in [1.82, 2.24) is 15.5 Å². The highest BCUT2D eigenvalue weighted by molar-refractivity contribution is 5.85. The first-order chi connectivity index (χ1) is 10.2. The molecule has 110 valence electrons. The molecule has 1 atom stereocenters. The topological polar surface area (TPSA) is 68.0 Å². The molecule has 5 nitrogen and oxygen atoms in total. The summed E-state index contributed by atoms with van der Waals surface area (Å²) >= 11 is 0. The first kappa shape index (κ1) is 13.8. The van der Waals surface area contributed by atoms with Gasteiger partial charge in [0.05, 0.1) is 5.92 Å². The molecule has 0 saturated carbocycles. The van der Waals surface area contributed by atoms with Crippen LogP contribution in [0.25, 0.3) is 11.4 Å². The van der Waals surface area contributed by atoms with Crippen molar-refractivity contribution in [1.29, 1.82) is 0 Å². The molecule has 0 spiro atoms. The van der Waals surface area contributed by atoms with Crippen LogP contribution in [0.4, 0.5) is 0 Å². The van der Waals surface area contributed by atoms with Crippen molar-refractivity contribution in [3.05, 3.63) is 35.2 Å². The standard InChI is InChI=1S/C16H19N3O2/c1-3-14-18-15(19-21-14)11-6-7-12-10(9-11)5-8-13(12)16(20)17-4-2/h6-7,9,13H,3-5,8H2,1-2H3,(H,17,20). The van der Waals surface area contributed by atoms with E-state index in [1.807, 2.05) is 26.0 Å². The molecule has 0 fully saturated rings. The Labute approximate surface area is 123 Å². The second-order valence-electron chi connectivity index (χ2n) is 5.26. The molecule has 21 heavy (non-hydrogen) atoms. The third kappa shape index (κ3) is 2.55.